The highest BCUT2D eigenvalue weighted by molar-refractivity contribution is 8.03. The van der Waals surface area contributed by atoms with E-state index in [0.717, 1.165) is 5.75 Å². The summed E-state index contributed by atoms with van der Waals surface area (Å²) in [6, 6.07) is 7.48. The Morgan fingerprint density at radius 1 is 1.22 bits per heavy atom. The molecule has 1 unspecified atom stereocenters. The molecule has 1 aromatic heterocycles. The van der Waals surface area contributed by atoms with Crippen LogP contribution in [0.15, 0.2) is 32.9 Å². The predicted molar refractivity (Wildman–Crippen MR) is 105 cm³/mol. The molecule has 0 fully saturated rings. The second-order valence-electron chi connectivity index (χ2n) is 5.65. The lowest BCUT2D eigenvalue weighted by Gasteiger charge is -2.29. The van der Waals surface area contributed by atoms with Crippen molar-refractivity contribution >= 4 is 46.7 Å². The number of primary amides is 1. The molecular weight excluding hydrogens is 408 g/mol. The Bertz CT molecular complexity index is 816. The molecule has 2 amide bonds. The Hall–Kier alpha value is -1.98. The zero-order valence-electron chi connectivity index (χ0n) is 14.5. The fourth-order valence-corrected chi connectivity index (χ4v) is 4.94. The summed E-state index contributed by atoms with van der Waals surface area (Å²) in [7, 11) is 1.74. The summed E-state index contributed by atoms with van der Waals surface area (Å²) in [5.74, 6) is 1.38. The van der Waals surface area contributed by atoms with Crippen molar-refractivity contribution in [1.29, 1.82) is 0 Å². The minimum Gasteiger partial charge on any atom is -0.486 e. The zero-order valence-corrected chi connectivity index (χ0v) is 16.9. The van der Waals surface area contributed by atoms with Crippen molar-refractivity contribution in [2.45, 2.75) is 14.8 Å². The van der Waals surface area contributed by atoms with Crippen molar-refractivity contribution in [3.63, 3.8) is 0 Å². The van der Waals surface area contributed by atoms with Gasteiger partial charge in [0.25, 0.3) is 0 Å². The van der Waals surface area contributed by atoms with E-state index >= 15 is 0 Å². The van der Waals surface area contributed by atoms with Crippen LogP contribution >= 0.6 is 34.9 Å². The van der Waals surface area contributed by atoms with Crippen LogP contribution in [0.2, 0.25) is 0 Å². The van der Waals surface area contributed by atoms with Gasteiger partial charge in [0, 0.05) is 7.05 Å². The first-order valence-corrected chi connectivity index (χ1v) is 10.8. The number of para-hydroxylation sites is 2. The Morgan fingerprint density at radius 3 is 2.59 bits per heavy atom. The standard InChI is InChI=1S/C16H18N4O4S3/c1-20(6-10-7-23-11-4-2-3-5-12(11)24-10)14(22)9-26-16-19-18-15(27-16)25-8-13(17)21/h2-5,10H,6-9H2,1H3,(H2,17,21). The first-order valence-electron chi connectivity index (χ1n) is 8.01. The highest BCUT2D eigenvalue weighted by Crippen LogP contribution is 2.31. The number of fused-ring (bicyclic) bond motifs is 1. The molecule has 144 valence electrons. The maximum absolute atomic E-state index is 12.4. The van der Waals surface area contributed by atoms with E-state index in [4.69, 9.17) is 15.2 Å². The third kappa shape index (κ3) is 5.75. The number of thioether (sulfide) groups is 2. The number of rotatable bonds is 8. The number of likely N-dealkylation sites (N-methyl/N-ethyl adjacent to an activating group) is 1. The largest absolute Gasteiger partial charge is 0.486 e. The number of carbonyl (C=O) groups is 2. The van der Waals surface area contributed by atoms with Gasteiger partial charge in [-0.25, -0.2) is 0 Å². The molecule has 0 spiro atoms. The number of aromatic nitrogens is 2. The molecule has 0 bridgehead atoms. The average molecular weight is 427 g/mol. The van der Waals surface area contributed by atoms with Crippen LogP contribution in [0.1, 0.15) is 0 Å². The summed E-state index contributed by atoms with van der Waals surface area (Å²) in [4.78, 5) is 24.8. The van der Waals surface area contributed by atoms with Gasteiger partial charge in [-0.1, -0.05) is 47.0 Å². The monoisotopic (exact) mass is 426 g/mol. The fourth-order valence-electron chi connectivity index (χ4n) is 2.24. The van der Waals surface area contributed by atoms with Gasteiger partial charge in [-0.3, -0.25) is 9.59 Å². The van der Waals surface area contributed by atoms with E-state index < -0.39 is 5.91 Å². The van der Waals surface area contributed by atoms with Crippen LogP contribution in [0.5, 0.6) is 11.5 Å². The molecule has 27 heavy (non-hydrogen) atoms. The minimum absolute atomic E-state index is 0.0380. The van der Waals surface area contributed by atoms with Crippen LogP contribution in [0.25, 0.3) is 0 Å². The molecule has 2 heterocycles. The summed E-state index contributed by atoms with van der Waals surface area (Å²) in [6.07, 6.45) is -0.211. The lowest BCUT2D eigenvalue weighted by molar-refractivity contribution is -0.128. The summed E-state index contributed by atoms with van der Waals surface area (Å²) in [5, 5.41) is 7.98. The molecule has 1 aliphatic rings. The maximum atomic E-state index is 12.4. The molecule has 0 saturated heterocycles. The molecule has 2 aromatic rings. The van der Waals surface area contributed by atoms with Crippen molar-refractivity contribution < 1.29 is 19.1 Å². The van der Waals surface area contributed by atoms with Crippen LogP contribution in [-0.4, -0.2) is 64.7 Å². The second-order valence-corrected chi connectivity index (χ2v) is 9.07. The summed E-state index contributed by atoms with van der Waals surface area (Å²) in [5.41, 5.74) is 5.10. The molecule has 0 saturated carbocycles. The third-order valence-electron chi connectivity index (χ3n) is 3.52. The highest BCUT2D eigenvalue weighted by Gasteiger charge is 2.23. The summed E-state index contributed by atoms with van der Waals surface area (Å²) in [6.45, 7) is 0.835. The van der Waals surface area contributed by atoms with Gasteiger partial charge in [0.2, 0.25) is 11.8 Å². The van der Waals surface area contributed by atoms with Gasteiger partial charge in [-0.2, -0.15) is 0 Å². The van der Waals surface area contributed by atoms with E-state index in [9.17, 15) is 9.59 Å². The number of hydrogen-bond donors (Lipinski definition) is 1. The second kappa shape index (κ2) is 9.29. The lowest BCUT2D eigenvalue weighted by atomic mass is 10.2. The Kier molecular flexibility index (Phi) is 6.80. The molecular formula is C16H18N4O4S3. The smallest absolute Gasteiger partial charge is 0.232 e. The van der Waals surface area contributed by atoms with Gasteiger partial charge < -0.3 is 20.1 Å². The van der Waals surface area contributed by atoms with Crippen LogP contribution in [0.3, 0.4) is 0 Å². The predicted octanol–water partition coefficient (Wildman–Crippen LogP) is 1.51. The van der Waals surface area contributed by atoms with E-state index in [2.05, 4.69) is 10.2 Å². The number of nitrogens with two attached hydrogens (primary N) is 1. The molecule has 11 heteroatoms. The molecule has 2 N–H and O–H groups in total. The number of nitrogens with zero attached hydrogens (tertiary/aromatic N) is 3. The fraction of sp³-hybridized carbons (Fsp3) is 0.375. The van der Waals surface area contributed by atoms with Crippen LogP contribution < -0.4 is 15.2 Å². The summed E-state index contributed by atoms with van der Waals surface area (Å²) < 4.78 is 12.9. The minimum atomic E-state index is -0.405. The van der Waals surface area contributed by atoms with Gasteiger partial charge in [-0.15, -0.1) is 10.2 Å². The number of hydrogen-bond acceptors (Lipinski definition) is 9. The molecule has 1 aliphatic heterocycles. The maximum Gasteiger partial charge on any atom is 0.232 e. The number of carbonyl (C=O) groups excluding carboxylic acids is 2. The molecule has 1 aromatic carbocycles. The van der Waals surface area contributed by atoms with Crippen molar-refractivity contribution in [2.24, 2.45) is 5.73 Å². The van der Waals surface area contributed by atoms with E-state index in [1.807, 2.05) is 24.3 Å². The van der Waals surface area contributed by atoms with E-state index in [1.54, 1.807) is 11.9 Å². The Labute approximate surface area is 168 Å². The van der Waals surface area contributed by atoms with Gasteiger partial charge in [-0.05, 0) is 12.1 Å². The first kappa shape index (κ1) is 19.8. The summed E-state index contributed by atoms with van der Waals surface area (Å²) >= 11 is 3.89. The van der Waals surface area contributed by atoms with Gasteiger partial charge in [0.15, 0.2) is 26.3 Å². The van der Waals surface area contributed by atoms with E-state index in [0.29, 0.717) is 27.6 Å². The number of amides is 2. The normalized spacial score (nSPS) is 15.4. The Balaban J connectivity index is 1.44. The topological polar surface area (TPSA) is 108 Å². The zero-order chi connectivity index (χ0) is 19.2. The van der Waals surface area contributed by atoms with Crippen LogP contribution in [0, 0.1) is 0 Å². The molecule has 3 rings (SSSR count). The van der Waals surface area contributed by atoms with Gasteiger partial charge in [0.1, 0.15) is 6.61 Å². The molecule has 0 radical (unpaired) electrons. The van der Waals surface area contributed by atoms with Crippen LogP contribution in [-0.2, 0) is 9.59 Å². The third-order valence-corrected chi connectivity index (χ3v) is 6.71. The first-order chi connectivity index (χ1) is 13.0. The highest BCUT2D eigenvalue weighted by atomic mass is 32.2. The number of ether oxygens (including phenoxy) is 2. The molecule has 8 nitrogen and oxygen atoms in total. The molecule has 1 atom stereocenters. The van der Waals surface area contributed by atoms with Crippen molar-refractivity contribution in [2.75, 3.05) is 31.7 Å². The van der Waals surface area contributed by atoms with E-state index in [-0.39, 0.29) is 23.5 Å². The average Bonchev–Trinajstić information content (AvgIpc) is 3.12. The van der Waals surface area contributed by atoms with Crippen molar-refractivity contribution in [3.8, 4) is 11.5 Å². The number of benzene rings is 1. The van der Waals surface area contributed by atoms with Gasteiger partial charge >= 0.3 is 0 Å². The molecule has 0 aliphatic carbocycles. The van der Waals surface area contributed by atoms with Gasteiger partial charge in [0.05, 0.1) is 18.1 Å². The quantitative estimate of drug-likeness (QED) is 0.633. The Morgan fingerprint density at radius 2 is 1.89 bits per heavy atom. The van der Waals surface area contributed by atoms with Crippen molar-refractivity contribution in [1.82, 2.24) is 15.1 Å². The van der Waals surface area contributed by atoms with E-state index in [1.165, 1.54) is 34.9 Å². The van der Waals surface area contributed by atoms with Crippen LogP contribution in [0.4, 0.5) is 0 Å². The lowest BCUT2D eigenvalue weighted by Crippen LogP contribution is -2.42. The SMILES string of the molecule is CN(CC1COc2ccccc2O1)C(=O)CSc1nnc(SCC(N)=O)s1. The van der Waals surface area contributed by atoms with Crippen molar-refractivity contribution in [3.05, 3.63) is 24.3 Å².